The van der Waals surface area contributed by atoms with E-state index in [1.807, 2.05) is 13.0 Å². The van der Waals surface area contributed by atoms with Gasteiger partial charge in [0.1, 0.15) is 0 Å². The molecule has 0 aromatic carbocycles. The van der Waals surface area contributed by atoms with E-state index in [2.05, 4.69) is 23.7 Å². The Bertz CT molecular complexity index is 110. The molecule has 52 valence electrons. The van der Waals surface area contributed by atoms with Crippen molar-refractivity contribution in [3.8, 4) is 11.8 Å². The average Bonchev–Trinajstić information content (AvgIpc) is 1.81. The van der Waals surface area contributed by atoms with E-state index in [-0.39, 0.29) is 12.4 Å². The van der Waals surface area contributed by atoms with Crippen LogP contribution in [-0.2, 0) is 0 Å². The highest BCUT2D eigenvalue weighted by molar-refractivity contribution is 5.85. The Labute approximate surface area is 62.9 Å². The van der Waals surface area contributed by atoms with Gasteiger partial charge in [0.25, 0.3) is 0 Å². The Morgan fingerprint density at radius 3 is 2.78 bits per heavy atom. The lowest BCUT2D eigenvalue weighted by Gasteiger charge is -1.88. The molecule has 0 aliphatic rings. The maximum atomic E-state index is 3.55. The highest BCUT2D eigenvalue weighted by Gasteiger charge is 1.70. The summed E-state index contributed by atoms with van der Waals surface area (Å²) < 4.78 is 0. The van der Waals surface area contributed by atoms with Gasteiger partial charge in [-0.3, -0.25) is 0 Å². The van der Waals surface area contributed by atoms with Gasteiger partial charge in [0.15, 0.2) is 0 Å². The van der Waals surface area contributed by atoms with E-state index in [4.69, 9.17) is 0 Å². The Morgan fingerprint density at radius 2 is 2.33 bits per heavy atom. The summed E-state index contributed by atoms with van der Waals surface area (Å²) >= 11 is 0. The van der Waals surface area contributed by atoms with E-state index in [9.17, 15) is 0 Å². The van der Waals surface area contributed by atoms with Gasteiger partial charge in [0.05, 0.1) is 6.54 Å². The SMILES string of the molecule is C=CCNCC#CC.Cl. The molecule has 0 bridgehead atoms. The predicted octanol–water partition coefficient (Wildman–Crippen LogP) is 1.21. The topological polar surface area (TPSA) is 12.0 Å². The molecule has 0 rings (SSSR count). The van der Waals surface area contributed by atoms with E-state index in [1.54, 1.807) is 0 Å². The van der Waals surface area contributed by atoms with Crippen LogP contribution in [-0.4, -0.2) is 13.1 Å². The quantitative estimate of drug-likeness (QED) is 0.358. The van der Waals surface area contributed by atoms with Crippen LogP contribution in [0.1, 0.15) is 6.92 Å². The molecule has 9 heavy (non-hydrogen) atoms. The van der Waals surface area contributed by atoms with Crippen LogP contribution in [0.4, 0.5) is 0 Å². The van der Waals surface area contributed by atoms with Crippen LogP contribution in [0.25, 0.3) is 0 Å². The molecule has 1 nitrogen and oxygen atoms in total. The van der Waals surface area contributed by atoms with Gasteiger partial charge in [0, 0.05) is 6.54 Å². The van der Waals surface area contributed by atoms with Crippen LogP contribution >= 0.6 is 12.4 Å². The first-order valence-corrected chi connectivity index (χ1v) is 2.63. The van der Waals surface area contributed by atoms with Crippen LogP contribution in [0.2, 0.25) is 0 Å². The van der Waals surface area contributed by atoms with Crippen molar-refractivity contribution in [1.82, 2.24) is 5.32 Å². The van der Waals surface area contributed by atoms with Crippen molar-refractivity contribution >= 4 is 12.4 Å². The minimum atomic E-state index is 0. The summed E-state index contributed by atoms with van der Waals surface area (Å²) in [6.45, 7) is 6.98. The highest BCUT2D eigenvalue weighted by Crippen LogP contribution is 1.57. The predicted molar refractivity (Wildman–Crippen MR) is 43.8 cm³/mol. The fraction of sp³-hybridized carbons (Fsp3) is 0.429. The maximum Gasteiger partial charge on any atom is 0.0578 e. The smallest absolute Gasteiger partial charge is 0.0578 e. The molecule has 0 radical (unpaired) electrons. The third kappa shape index (κ3) is 11.2. The van der Waals surface area contributed by atoms with Crippen molar-refractivity contribution in [1.29, 1.82) is 0 Å². The Kier molecular flexibility index (Phi) is 13.3. The minimum Gasteiger partial charge on any atom is -0.303 e. The number of halogens is 1. The standard InChI is InChI=1S/C7H11N.ClH/c1-3-5-7-8-6-4-2;/h4,8H,2,6-7H2,1H3;1H. The number of rotatable bonds is 3. The third-order valence-electron chi connectivity index (χ3n) is 0.679. The fourth-order valence-corrected chi connectivity index (χ4v) is 0.325. The van der Waals surface area contributed by atoms with E-state index in [1.165, 1.54) is 0 Å². The molecule has 0 spiro atoms. The second-order valence-corrected chi connectivity index (χ2v) is 1.35. The third-order valence-corrected chi connectivity index (χ3v) is 0.679. The lowest BCUT2D eigenvalue weighted by molar-refractivity contribution is 0.858. The Hall–Kier alpha value is -0.450. The molecule has 0 fully saturated rings. The van der Waals surface area contributed by atoms with Crippen LogP contribution in [0.3, 0.4) is 0 Å². The lowest BCUT2D eigenvalue weighted by Crippen LogP contribution is -2.12. The molecule has 0 atom stereocenters. The monoisotopic (exact) mass is 145 g/mol. The molecular formula is C7H12ClN. The van der Waals surface area contributed by atoms with Crippen molar-refractivity contribution in [2.45, 2.75) is 6.92 Å². The molecule has 2 heteroatoms. The fourth-order valence-electron chi connectivity index (χ4n) is 0.325. The molecular weight excluding hydrogens is 134 g/mol. The normalized spacial score (nSPS) is 6.33. The van der Waals surface area contributed by atoms with Crippen molar-refractivity contribution in [3.63, 3.8) is 0 Å². The van der Waals surface area contributed by atoms with Crippen LogP contribution in [0.5, 0.6) is 0 Å². The van der Waals surface area contributed by atoms with Gasteiger partial charge in [-0.2, -0.15) is 0 Å². The second kappa shape index (κ2) is 10.5. The summed E-state index contributed by atoms with van der Waals surface area (Å²) in [6.07, 6.45) is 1.82. The first-order valence-electron chi connectivity index (χ1n) is 2.63. The number of hydrogen-bond acceptors (Lipinski definition) is 1. The molecule has 0 heterocycles. The summed E-state index contributed by atoms with van der Waals surface area (Å²) in [4.78, 5) is 0. The lowest BCUT2D eigenvalue weighted by atomic mass is 10.5. The Balaban J connectivity index is 0. The first kappa shape index (κ1) is 11.4. The van der Waals surface area contributed by atoms with Gasteiger partial charge in [0.2, 0.25) is 0 Å². The zero-order chi connectivity index (χ0) is 6.24. The molecule has 0 aromatic heterocycles. The van der Waals surface area contributed by atoms with Gasteiger partial charge in [-0.1, -0.05) is 12.0 Å². The van der Waals surface area contributed by atoms with E-state index in [0.717, 1.165) is 13.1 Å². The van der Waals surface area contributed by atoms with Crippen LogP contribution in [0, 0.1) is 11.8 Å². The van der Waals surface area contributed by atoms with Crippen molar-refractivity contribution in [3.05, 3.63) is 12.7 Å². The van der Waals surface area contributed by atoms with Crippen molar-refractivity contribution in [2.24, 2.45) is 0 Å². The summed E-state index contributed by atoms with van der Waals surface area (Å²) in [7, 11) is 0. The van der Waals surface area contributed by atoms with Crippen LogP contribution in [0.15, 0.2) is 12.7 Å². The maximum absolute atomic E-state index is 3.55. The summed E-state index contributed by atoms with van der Waals surface area (Å²) in [5.74, 6) is 5.65. The summed E-state index contributed by atoms with van der Waals surface area (Å²) in [6, 6.07) is 0. The first-order chi connectivity index (χ1) is 3.91. The molecule has 0 aromatic rings. The molecule has 0 aliphatic heterocycles. The van der Waals surface area contributed by atoms with E-state index in [0.29, 0.717) is 0 Å². The average molecular weight is 146 g/mol. The van der Waals surface area contributed by atoms with Gasteiger partial charge >= 0.3 is 0 Å². The highest BCUT2D eigenvalue weighted by atomic mass is 35.5. The van der Waals surface area contributed by atoms with E-state index < -0.39 is 0 Å². The van der Waals surface area contributed by atoms with E-state index >= 15 is 0 Å². The Morgan fingerprint density at radius 1 is 1.67 bits per heavy atom. The van der Waals surface area contributed by atoms with Crippen LogP contribution < -0.4 is 5.32 Å². The second-order valence-electron chi connectivity index (χ2n) is 1.35. The number of hydrogen-bond donors (Lipinski definition) is 1. The summed E-state index contributed by atoms with van der Waals surface area (Å²) in [5, 5.41) is 3.04. The molecule has 0 saturated carbocycles. The minimum absolute atomic E-state index is 0. The molecule has 0 aliphatic carbocycles. The summed E-state index contributed by atoms with van der Waals surface area (Å²) in [5.41, 5.74) is 0. The van der Waals surface area contributed by atoms with Gasteiger partial charge in [-0.15, -0.1) is 24.9 Å². The largest absolute Gasteiger partial charge is 0.303 e. The number of nitrogens with one attached hydrogen (secondary N) is 1. The molecule has 0 unspecified atom stereocenters. The van der Waals surface area contributed by atoms with Gasteiger partial charge in [-0.05, 0) is 6.92 Å². The molecule has 0 amide bonds. The van der Waals surface area contributed by atoms with Gasteiger partial charge < -0.3 is 5.32 Å². The molecule has 1 N–H and O–H groups in total. The zero-order valence-corrected chi connectivity index (χ0v) is 6.42. The van der Waals surface area contributed by atoms with Gasteiger partial charge in [-0.25, -0.2) is 0 Å². The van der Waals surface area contributed by atoms with Crippen molar-refractivity contribution < 1.29 is 0 Å². The zero-order valence-electron chi connectivity index (χ0n) is 5.61. The molecule has 0 saturated heterocycles. The van der Waals surface area contributed by atoms with Crippen molar-refractivity contribution in [2.75, 3.05) is 13.1 Å².